The summed E-state index contributed by atoms with van der Waals surface area (Å²) >= 11 is 0. The lowest BCUT2D eigenvalue weighted by atomic mass is 10.1. The summed E-state index contributed by atoms with van der Waals surface area (Å²) in [5.41, 5.74) is 4.09. The van der Waals surface area contributed by atoms with Crippen molar-refractivity contribution in [3.8, 4) is 11.5 Å². The van der Waals surface area contributed by atoms with E-state index in [9.17, 15) is 15.0 Å². The third-order valence-electron chi connectivity index (χ3n) is 3.43. The number of aromatic hydroxyl groups is 2. The normalized spacial score (nSPS) is 11.2. The third-order valence-corrected chi connectivity index (χ3v) is 3.43. The van der Waals surface area contributed by atoms with Crippen molar-refractivity contribution >= 4 is 23.1 Å². The molecule has 0 saturated heterocycles. The number of aryl methyl sites for hydroxylation is 1. The summed E-state index contributed by atoms with van der Waals surface area (Å²) < 4.78 is 5.53. The molecule has 3 aromatic rings. The third kappa shape index (κ3) is 2.87. The maximum absolute atomic E-state index is 12.1. The number of rotatable bonds is 3. The fraction of sp³-hybridized carbons (Fsp3) is 0.0588. The van der Waals surface area contributed by atoms with Gasteiger partial charge < -0.3 is 14.6 Å². The van der Waals surface area contributed by atoms with Gasteiger partial charge in [0, 0.05) is 22.6 Å². The van der Waals surface area contributed by atoms with Gasteiger partial charge in [0.2, 0.25) is 0 Å². The fourth-order valence-corrected chi connectivity index (χ4v) is 2.24. The van der Waals surface area contributed by atoms with Crippen molar-refractivity contribution in [1.29, 1.82) is 0 Å². The van der Waals surface area contributed by atoms with Crippen molar-refractivity contribution in [2.75, 3.05) is 0 Å². The highest BCUT2D eigenvalue weighted by molar-refractivity contribution is 5.99. The zero-order valence-electron chi connectivity index (χ0n) is 12.3. The van der Waals surface area contributed by atoms with Crippen LogP contribution in [0.1, 0.15) is 21.7 Å². The Bertz CT molecular complexity index is 912. The van der Waals surface area contributed by atoms with E-state index in [0.29, 0.717) is 11.1 Å². The average Bonchev–Trinajstić information content (AvgIpc) is 2.87. The maximum Gasteiger partial charge on any atom is 0.307 e. The zero-order valence-corrected chi connectivity index (χ0v) is 12.3. The van der Waals surface area contributed by atoms with Gasteiger partial charge in [0.05, 0.1) is 6.21 Å². The van der Waals surface area contributed by atoms with Crippen LogP contribution in [0, 0.1) is 6.92 Å². The van der Waals surface area contributed by atoms with E-state index in [2.05, 4.69) is 10.5 Å². The first-order valence-corrected chi connectivity index (χ1v) is 6.90. The van der Waals surface area contributed by atoms with E-state index in [0.717, 1.165) is 10.9 Å². The predicted octanol–water partition coefficient (Wildman–Crippen LogP) is 2.92. The summed E-state index contributed by atoms with van der Waals surface area (Å²) in [5.74, 6) is -0.476. The minimum atomic E-state index is -0.479. The number of para-hydroxylation sites is 1. The lowest BCUT2D eigenvalue weighted by Gasteiger charge is -2.00. The number of carbonyl (C=O) groups is 1. The Labute approximate surface area is 131 Å². The van der Waals surface area contributed by atoms with E-state index in [1.54, 1.807) is 13.0 Å². The summed E-state index contributed by atoms with van der Waals surface area (Å²) in [5, 5.41) is 23.5. The Balaban J connectivity index is 1.78. The van der Waals surface area contributed by atoms with Crippen molar-refractivity contribution in [3.05, 3.63) is 59.4 Å². The number of fused-ring (bicyclic) bond motifs is 1. The number of phenols is 2. The summed E-state index contributed by atoms with van der Waals surface area (Å²) in [6.45, 7) is 1.80. The van der Waals surface area contributed by atoms with E-state index in [1.807, 2.05) is 18.2 Å². The van der Waals surface area contributed by atoms with E-state index in [1.165, 1.54) is 24.4 Å². The van der Waals surface area contributed by atoms with Crippen LogP contribution in [0.4, 0.5) is 0 Å². The molecule has 1 amide bonds. The molecule has 6 nitrogen and oxygen atoms in total. The van der Waals surface area contributed by atoms with Crippen molar-refractivity contribution < 1.29 is 19.4 Å². The Kier molecular flexibility index (Phi) is 3.72. The molecule has 0 aliphatic carbocycles. The molecule has 0 spiro atoms. The largest absolute Gasteiger partial charge is 0.508 e. The lowest BCUT2D eigenvalue weighted by Crippen LogP contribution is -2.17. The van der Waals surface area contributed by atoms with E-state index in [-0.39, 0.29) is 17.3 Å². The van der Waals surface area contributed by atoms with Crippen LogP contribution in [0.3, 0.4) is 0 Å². The van der Waals surface area contributed by atoms with Gasteiger partial charge in [0.15, 0.2) is 5.76 Å². The topological polar surface area (TPSA) is 95.1 Å². The Morgan fingerprint density at radius 2 is 2.00 bits per heavy atom. The summed E-state index contributed by atoms with van der Waals surface area (Å²) in [6.07, 6.45) is 1.28. The molecule has 0 bridgehead atoms. The highest BCUT2D eigenvalue weighted by Crippen LogP contribution is 2.24. The van der Waals surface area contributed by atoms with Crippen molar-refractivity contribution in [1.82, 2.24) is 5.43 Å². The molecule has 3 N–H and O–H groups in total. The minimum absolute atomic E-state index is 0.0541. The lowest BCUT2D eigenvalue weighted by molar-refractivity contribution is 0.0928. The molecule has 116 valence electrons. The van der Waals surface area contributed by atoms with Gasteiger partial charge in [0.25, 0.3) is 0 Å². The van der Waals surface area contributed by atoms with Gasteiger partial charge in [-0.3, -0.25) is 4.79 Å². The van der Waals surface area contributed by atoms with Crippen LogP contribution in [-0.4, -0.2) is 22.3 Å². The number of hydrogen-bond donors (Lipinski definition) is 3. The SMILES string of the molecule is Cc1c(C(=O)N/N=C/c2ccc(O)cc2O)oc2ccccc12. The first-order chi connectivity index (χ1) is 11.1. The molecule has 23 heavy (non-hydrogen) atoms. The molecular formula is C17H14N2O4. The molecule has 0 fully saturated rings. The number of hydrogen-bond acceptors (Lipinski definition) is 5. The molecule has 0 saturated carbocycles. The molecule has 1 heterocycles. The summed E-state index contributed by atoms with van der Waals surface area (Å²) in [6, 6.07) is 11.4. The minimum Gasteiger partial charge on any atom is -0.508 e. The second-order valence-corrected chi connectivity index (χ2v) is 4.99. The molecule has 3 rings (SSSR count). The van der Waals surface area contributed by atoms with Crippen LogP contribution in [0.5, 0.6) is 11.5 Å². The molecule has 2 aromatic carbocycles. The van der Waals surface area contributed by atoms with Crippen LogP contribution < -0.4 is 5.43 Å². The van der Waals surface area contributed by atoms with Crippen LogP contribution in [0.2, 0.25) is 0 Å². The summed E-state index contributed by atoms with van der Waals surface area (Å²) in [4.78, 5) is 12.1. The number of nitrogens with one attached hydrogen (secondary N) is 1. The molecule has 6 heteroatoms. The van der Waals surface area contributed by atoms with E-state index >= 15 is 0 Å². The van der Waals surface area contributed by atoms with Gasteiger partial charge in [-0.1, -0.05) is 18.2 Å². The second-order valence-electron chi connectivity index (χ2n) is 4.99. The first-order valence-electron chi connectivity index (χ1n) is 6.90. The van der Waals surface area contributed by atoms with Crippen LogP contribution in [0.25, 0.3) is 11.0 Å². The number of nitrogens with zero attached hydrogens (tertiary/aromatic N) is 1. The van der Waals surface area contributed by atoms with Crippen LogP contribution >= 0.6 is 0 Å². The second kappa shape index (κ2) is 5.84. The van der Waals surface area contributed by atoms with Gasteiger partial charge in [-0.2, -0.15) is 5.10 Å². The van der Waals surface area contributed by atoms with E-state index < -0.39 is 5.91 Å². The van der Waals surface area contributed by atoms with E-state index in [4.69, 9.17) is 4.42 Å². The molecule has 0 unspecified atom stereocenters. The predicted molar refractivity (Wildman–Crippen MR) is 85.8 cm³/mol. The van der Waals surface area contributed by atoms with Gasteiger partial charge in [-0.25, -0.2) is 5.43 Å². The number of phenolic OH excluding ortho intramolecular Hbond substituents is 2. The highest BCUT2D eigenvalue weighted by atomic mass is 16.3. The van der Waals surface area contributed by atoms with Crippen molar-refractivity contribution in [3.63, 3.8) is 0 Å². The maximum atomic E-state index is 12.1. The van der Waals surface area contributed by atoms with Crippen LogP contribution in [-0.2, 0) is 0 Å². The van der Waals surface area contributed by atoms with Gasteiger partial charge in [-0.05, 0) is 25.1 Å². The average molecular weight is 310 g/mol. The molecule has 0 aliphatic heterocycles. The molecule has 0 aliphatic rings. The molecule has 1 aromatic heterocycles. The Morgan fingerprint density at radius 3 is 2.74 bits per heavy atom. The van der Waals surface area contributed by atoms with Gasteiger partial charge in [-0.15, -0.1) is 0 Å². The van der Waals surface area contributed by atoms with Gasteiger partial charge >= 0.3 is 5.91 Å². The van der Waals surface area contributed by atoms with Crippen molar-refractivity contribution in [2.45, 2.75) is 6.92 Å². The Hall–Kier alpha value is -3.28. The monoisotopic (exact) mass is 310 g/mol. The first kappa shape index (κ1) is 14.6. The standard InChI is InChI=1S/C17H14N2O4/c1-10-13-4-2-3-5-15(13)23-16(10)17(22)19-18-9-11-6-7-12(20)8-14(11)21/h2-9,20-21H,1H3,(H,19,22)/b18-9+. The zero-order chi connectivity index (χ0) is 16.4. The molecular weight excluding hydrogens is 296 g/mol. The Morgan fingerprint density at radius 1 is 1.22 bits per heavy atom. The van der Waals surface area contributed by atoms with Gasteiger partial charge in [0.1, 0.15) is 17.1 Å². The number of furan rings is 1. The van der Waals surface area contributed by atoms with Crippen LogP contribution in [0.15, 0.2) is 52.0 Å². The smallest absolute Gasteiger partial charge is 0.307 e. The number of carbonyl (C=O) groups excluding carboxylic acids is 1. The quantitative estimate of drug-likeness (QED) is 0.512. The molecule has 0 radical (unpaired) electrons. The van der Waals surface area contributed by atoms with Crippen molar-refractivity contribution in [2.24, 2.45) is 5.10 Å². The fourth-order valence-electron chi connectivity index (χ4n) is 2.24. The molecule has 0 atom stereocenters. The number of amides is 1. The highest BCUT2D eigenvalue weighted by Gasteiger charge is 2.16. The number of hydrazone groups is 1. The number of benzene rings is 2. The summed E-state index contributed by atoms with van der Waals surface area (Å²) in [7, 11) is 0.